The highest BCUT2D eigenvalue weighted by Crippen LogP contribution is 2.20. The van der Waals surface area contributed by atoms with E-state index in [9.17, 15) is 14.5 Å². The second-order valence-electron chi connectivity index (χ2n) is 4.26. The molecule has 1 atom stereocenters. The Kier molecular flexibility index (Phi) is 3.74. The number of nitrogens with one attached hydrogen (secondary N) is 1. The van der Waals surface area contributed by atoms with Crippen LogP contribution in [-0.4, -0.2) is 20.5 Å². The molecule has 6 nitrogen and oxygen atoms in total. The maximum Gasteiger partial charge on any atom is 0.274 e. The van der Waals surface area contributed by atoms with E-state index < -0.39 is 10.7 Å². The van der Waals surface area contributed by atoms with Crippen LogP contribution in [0.1, 0.15) is 6.92 Å². The van der Waals surface area contributed by atoms with E-state index in [2.05, 4.69) is 10.3 Å². The number of anilines is 1. The van der Waals surface area contributed by atoms with Crippen LogP contribution in [0.2, 0.25) is 0 Å². The zero-order chi connectivity index (χ0) is 13.8. The third-order valence-electron chi connectivity index (χ3n) is 2.55. The van der Waals surface area contributed by atoms with Gasteiger partial charge in [0.1, 0.15) is 5.82 Å². The molecule has 1 aromatic carbocycles. The minimum Gasteiger partial charge on any atom is -0.381 e. The van der Waals surface area contributed by atoms with Gasteiger partial charge in [0.15, 0.2) is 0 Å². The molecular formula is C12H13FN4O2. The Morgan fingerprint density at radius 1 is 1.53 bits per heavy atom. The molecule has 1 aromatic heterocycles. The Bertz CT molecular complexity index is 571. The monoisotopic (exact) mass is 264 g/mol. The summed E-state index contributed by atoms with van der Waals surface area (Å²) in [6.07, 6.45) is 5.15. The maximum atomic E-state index is 13.3. The molecule has 0 saturated carbocycles. The number of aromatic nitrogens is 2. The summed E-state index contributed by atoms with van der Waals surface area (Å²) < 4.78 is 15.1. The lowest BCUT2D eigenvalue weighted by Gasteiger charge is -2.15. The van der Waals surface area contributed by atoms with Crippen molar-refractivity contribution < 1.29 is 9.31 Å². The normalized spacial score (nSPS) is 12.1. The van der Waals surface area contributed by atoms with Gasteiger partial charge in [0.25, 0.3) is 5.69 Å². The molecule has 7 heteroatoms. The number of benzene rings is 1. The summed E-state index contributed by atoms with van der Waals surface area (Å²) in [4.78, 5) is 13.9. The SMILES string of the molecule is CC(Cn1ccnc1)Nc1cc(F)cc([N+](=O)[O-])c1. The second-order valence-corrected chi connectivity index (χ2v) is 4.26. The number of nitro groups is 1. The molecule has 0 spiro atoms. The first-order valence-electron chi connectivity index (χ1n) is 5.72. The number of hydrogen-bond donors (Lipinski definition) is 1. The van der Waals surface area contributed by atoms with E-state index in [0.29, 0.717) is 12.2 Å². The van der Waals surface area contributed by atoms with E-state index in [1.165, 1.54) is 12.1 Å². The summed E-state index contributed by atoms with van der Waals surface area (Å²) >= 11 is 0. The van der Waals surface area contributed by atoms with Gasteiger partial charge in [-0.25, -0.2) is 9.37 Å². The number of halogens is 1. The van der Waals surface area contributed by atoms with Crippen LogP contribution in [0.3, 0.4) is 0 Å². The Hall–Kier alpha value is -2.44. The molecule has 19 heavy (non-hydrogen) atoms. The molecule has 0 aliphatic heterocycles. The summed E-state index contributed by atoms with van der Waals surface area (Å²) in [5, 5.41) is 13.7. The first-order valence-corrected chi connectivity index (χ1v) is 5.72. The first-order chi connectivity index (χ1) is 9.04. The van der Waals surface area contributed by atoms with E-state index in [4.69, 9.17) is 0 Å². The van der Waals surface area contributed by atoms with Crippen molar-refractivity contribution in [2.45, 2.75) is 19.5 Å². The standard InChI is InChI=1S/C12H13FN4O2/c1-9(7-16-3-2-14-8-16)15-11-4-10(13)5-12(6-11)17(18)19/h2-6,8-9,15H,7H2,1H3. The molecule has 0 fully saturated rings. The summed E-state index contributed by atoms with van der Waals surface area (Å²) in [6, 6.07) is 3.42. The van der Waals surface area contributed by atoms with Crippen molar-refractivity contribution in [1.82, 2.24) is 9.55 Å². The molecule has 0 aliphatic rings. The zero-order valence-electron chi connectivity index (χ0n) is 10.3. The number of nitrogens with zero attached hydrogens (tertiary/aromatic N) is 3. The highest BCUT2D eigenvalue weighted by Gasteiger charge is 2.11. The van der Waals surface area contributed by atoms with Gasteiger partial charge >= 0.3 is 0 Å². The van der Waals surface area contributed by atoms with Crippen molar-refractivity contribution in [3.8, 4) is 0 Å². The van der Waals surface area contributed by atoms with Gasteiger partial charge in [-0.05, 0) is 13.0 Å². The van der Waals surface area contributed by atoms with Crippen LogP contribution in [0, 0.1) is 15.9 Å². The molecular weight excluding hydrogens is 251 g/mol. The average molecular weight is 264 g/mol. The lowest BCUT2D eigenvalue weighted by Crippen LogP contribution is -2.21. The van der Waals surface area contributed by atoms with E-state index in [1.54, 1.807) is 12.5 Å². The minimum absolute atomic E-state index is 0.0180. The Labute approximate surface area is 109 Å². The van der Waals surface area contributed by atoms with Gasteiger partial charge in [0.05, 0.1) is 17.3 Å². The third-order valence-corrected chi connectivity index (χ3v) is 2.55. The van der Waals surface area contributed by atoms with Gasteiger partial charge in [0, 0.05) is 36.7 Å². The number of nitro benzene ring substituents is 1. The smallest absolute Gasteiger partial charge is 0.274 e. The lowest BCUT2D eigenvalue weighted by molar-refractivity contribution is -0.385. The predicted octanol–water partition coefficient (Wildman–Crippen LogP) is 2.43. The molecule has 1 unspecified atom stereocenters. The maximum absolute atomic E-state index is 13.3. The molecule has 1 heterocycles. The molecule has 0 aliphatic carbocycles. The Balaban J connectivity index is 2.08. The van der Waals surface area contributed by atoms with Crippen molar-refractivity contribution >= 4 is 11.4 Å². The quantitative estimate of drug-likeness (QED) is 0.665. The number of rotatable bonds is 5. The third kappa shape index (κ3) is 3.51. The topological polar surface area (TPSA) is 73.0 Å². The van der Waals surface area contributed by atoms with E-state index >= 15 is 0 Å². The lowest BCUT2D eigenvalue weighted by atomic mass is 10.2. The Morgan fingerprint density at radius 3 is 2.95 bits per heavy atom. The number of hydrogen-bond acceptors (Lipinski definition) is 4. The molecule has 2 rings (SSSR count). The molecule has 1 N–H and O–H groups in total. The molecule has 0 bridgehead atoms. The molecule has 0 radical (unpaired) electrons. The molecule has 0 amide bonds. The minimum atomic E-state index is -0.633. The van der Waals surface area contributed by atoms with Gasteiger partial charge in [0.2, 0.25) is 0 Å². The van der Waals surface area contributed by atoms with Crippen molar-refractivity contribution in [2.75, 3.05) is 5.32 Å². The van der Waals surface area contributed by atoms with Gasteiger partial charge in [-0.2, -0.15) is 0 Å². The molecule has 0 saturated heterocycles. The van der Waals surface area contributed by atoms with Crippen LogP contribution < -0.4 is 5.32 Å². The van der Waals surface area contributed by atoms with Crippen molar-refractivity contribution in [1.29, 1.82) is 0 Å². The fourth-order valence-electron chi connectivity index (χ4n) is 1.80. The van der Waals surface area contributed by atoms with Crippen molar-refractivity contribution in [2.24, 2.45) is 0 Å². The molecule has 2 aromatic rings. The van der Waals surface area contributed by atoms with Crippen molar-refractivity contribution in [3.63, 3.8) is 0 Å². The summed E-state index contributed by atoms with van der Waals surface area (Å²) in [5.41, 5.74) is 0.122. The van der Waals surface area contributed by atoms with E-state index in [1.807, 2.05) is 17.7 Å². The van der Waals surface area contributed by atoms with Crippen LogP contribution in [0.25, 0.3) is 0 Å². The van der Waals surface area contributed by atoms with E-state index in [0.717, 1.165) is 6.07 Å². The number of imidazole rings is 1. The van der Waals surface area contributed by atoms with Gasteiger partial charge in [-0.3, -0.25) is 10.1 Å². The average Bonchev–Trinajstić information content (AvgIpc) is 2.80. The van der Waals surface area contributed by atoms with Crippen LogP contribution in [0.15, 0.2) is 36.9 Å². The molecule has 100 valence electrons. The fraction of sp³-hybridized carbons (Fsp3) is 0.250. The van der Waals surface area contributed by atoms with Crippen LogP contribution in [-0.2, 0) is 6.54 Å². The summed E-state index contributed by atoms with van der Waals surface area (Å²) in [5.74, 6) is -0.633. The summed E-state index contributed by atoms with van der Waals surface area (Å²) in [6.45, 7) is 2.53. The highest BCUT2D eigenvalue weighted by molar-refractivity contribution is 5.52. The Morgan fingerprint density at radius 2 is 2.32 bits per heavy atom. The number of non-ortho nitro benzene ring substituents is 1. The van der Waals surface area contributed by atoms with Gasteiger partial charge < -0.3 is 9.88 Å². The predicted molar refractivity (Wildman–Crippen MR) is 68.4 cm³/mol. The zero-order valence-corrected chi connectivity index (χ0v) is 10.3. The van der Waals surface area contributed by atoms with Crippen LogP contribution in [0.5, 0.6) is 0 Å². The van der Waals surface area contributed by atoms with E-state index in [-0.39, 0.29) is 11.7 Å². The first kappa shape index (κ1) is 13.0. The van der Waals surface area contributed by atoms with Crippen molar-refractivity contribution in [3.05, 3.63) is 52.9 Å². The fourth-order valence-corrected chi connectivity index (χ4v) is 1.80. The van der Waals surface area contributed by atoms with Gasteiger partial charge in [-0.1, -0.05) is 0 Å². The van der Waals surface area contributed by atoms with Crippen LogP contribution in [0.4, 0.5) is 15.8 Å². The highest BCUT2D eigenvalue weighted by atomic mass is 19.1. The second kappa shape index (κ2) is 5.47. The summed E-state index contributed by atoms with van der Waals surface area (Å²) in [7, 11) is 0. The largest absolute Gasteiger partial charge is 0.381 e. The van der Waals surface area contributed by atoms with Crippen LogP contribution >= 0.6 is 0 Å². The van der Waals surface area contributed by atoms with Gasteiger partial charge in [-0.15, -0.1) is 0 Å².